The molecule has 1 aromatic carbocycles. The predicted octanol–water partition coefficient (Wildman–Crippen LogP) is 2.84. The van der Waals surface area contributed by atoms with Gasteiger partial charge in [0.1, 0.15) is 13.2 Å². The van der Waals surface area contributed by atoms with Gasteiger partial charge in [-0.05, 0) is 26.0 Å². The Labute approximate surface area is 147 Å². The van der Waals surface area contributed by atoms with Gasteiger partial charge in [0.25, 0.3) is 5.91 Å². The van der Waals surface area contributed by atoms with Gasteiger partial charge in [0.05, 0.1) is 11.3 Å². The van der Waals surface area contributed by atoms with Crippen LogP contribution in [0.2, 0.25) is 0 Å². The van der Waals surface area contributed by atoms with Crippen molar-refractivity contribution in [1.29, 1.82) is 0 Å². The van der Waals surface area contributed by atoms with Crippen LogP contribution in [0, 0.1) is 13.8 Å². The molecule has 0 spiro atoms. The normalized spacial score (nSPS) is 14.8. The summed E-state index contributed by atoms with van der Waals surface area (Å²) >= 11 is 0. The lowest BCUT2D eigenvalue weighted by atomic mass is 10.0. The lowest BCUT2D eigenvalue weighted by molar-refractivity contribution is -0.155. The van der Waals surface area contributed by atoms with Crippen molar-refractivity contribution in [2.75, 3.05) is 13.2 Å². The molecule has 0 saturated carbocycles. The van der Waals surface area contributed by atoms with Gasteiger partial charge in [-0.3, -0.25) is 9.48 Å². The minimum Gasteiger partial charge on any atom is -0.486 e. The number of nitrogens with one attached hydrogen (secondary N) is 1. The monoisotopic (exact) mass is 369 g/mol. The first-order chi connectivity index (χ1) is 12.2. The van der Waals surface area contributed by atoms with Crippen molar-refractivity contribution < 1.29 is 27.4 Å². The fourth-order valence-electron chi connectivity index (χ4n) is 2.99. The van der Waals surface area contributed by atoms with E-state index < -0.39 is 18.1 Å². The average Bonchev–Trinajstić information content (AvgIpc) is 2.83. The van der Waals surface area contributed by atoms with Crippen LogP contribution in [0.3, 0.4) is 0 Å². The maximum Gasteiger partial charge on any atom is 0.413 e. The summed E-state index contributed by atoms with van der Waals surface area (Å²) in [5.41, 5.74) is 0.480. The van der Waals surface area contributed by atoms with Crippen LogP contribution in [0.4, 0.5) is 13.2 Å². The molecular formula is C17H18F3N3O3. The van der Waals surface area contributed by atoms with Crippen LogP contribution in [0.25, 0.3) is 0 Å². The first kappa shape index (κ1) is 18.1. The largest absolute Gasteiger partial charge is 0.486 e. The number of hydrogen-bond donors (Lipinski definition) is 1. The number of aromatic nitrogens is 2. The van der Waals surface area contributed by atoms with E-state index in [1.54, 1.807) is 13.1 Å². The van der Waals surface area contributed by atoms with E-state index in [0.29, 0.717) is 18.1 Å². The van der Waals surface area contributed by atoms with E-state index in [0.717, 1.165) is 0 Å². The van der Waals surface area contributed by atoms with Gasteiger partial charge < -0.3 is 14.8 Å². The van der Waals surface area contributed by atoms with Crippen molar-refractivity contribution in [3.8, 4) is 11.5 Å². The number of fused-ring (bicyclic) bond motifs is 1. The number of carbonyl (C=O) groups is 1. The molecular weight excluding hydrogens is 351 g/mol. The third-order valence-corrected chi connectivity index (χ3v) is 4.27. The molecule has 26 heavy (non-hydrogen) atoms. The minimum absolute atomic E-state index is 0.00403. The standard InChI is InChI=1S/C17H18F3N3O3/c1-9-13(10(2)23(3)22-9)15(17(18,19)20)21-16(24)11-5-4-6-12-14(11)26-8-7-25-12/h4-6,15H,7-8H2,1-3H3,(H,21,24). The van der Waals surface area contributed by atoms with Gasteiger partial charge in [-0.1, -0.05) is 6.07 Å². The molecule has 1 aliphatic rings. The van der Waals surface area contributed by atoms with Crippen molar-refractivity contribution in [2.24, 2.45) is 7.05 Å². The number of amides is 1. The number of hydrogen-bond acceptors (Lipinski definition) is 4. The number of para-hydroxylation sites is 1. The Morgan fingerprint density at radius 2 is 1.96 bits per heavy atom. The predicted molar refractivity (Wildman–Crippen MR) is 86.4 cm³/mol. The van der Waals surface area contributed by atoms with Crippen LogP contribution < -0.4 is 14.8 Å². The van der Waals surface area contributed by atoms with Crippen LogP contribution in [0.5, 0.6) is 11.5 Å². The van der Waals surface area contributed by atoms with Gasteiger partial charge in [0.2, 0.25) is 0 Å². The molecule has 1 aromatic heterocycles. The zero-order chi connectivity index (χ0) is 19.1. The molecule has 2 aromatic rings. The maximum absolute atomic E-state index is 13.7. The van der Waals surface area contributed by atoms with Gasteiger partial charge >= 0.3 is 6.18 Å². The van der Waals surface area contributed by atoms with Gasteiger partial charge in [-0.15, -0.1) is 0 Å². The zero-order valence-electron chi connectivity index (χ0n) is 14.5. The van der Waals surface area contributed by atoms with Crippen LogP contribution in [0.15, 0.2) is 18.2 Å². The van der Waals surface area contributed by atoms with Crippen molar-refractivity contribution in [1.82, 2.24) is 15.1 Å². The molecule has 3 rings (SSSR count). The number of alkyl halides is 3. The summed E-state index contributed by atoms with van der Waals surface area (Å²) in [6.45, 7) is 3.55. The SMILES string of the molecule is Cc1nn(C)c(C)c1C(NC(=O)c1cccc2c1OCCO2)C(F)(F)F. The highest BCUT2D eigenvalue weighted by atomic mass is 19.4. The Morgan fingerprint density at radius 3 is 2.58 bits per heavy atom. The van der Waals surface area contributed by atoms with E-state index in [4.69, 9.17) is 9.47 Å². The van der Waals surface area contributed by atoms with E-state index in [-0.39, 0.29) is 29.2 Å². The summed E-state index contributed by atoms with van der Waals surface area (Å²) in [4.78, 5) is 12.6. The summed E-state index contributed by atoms with van der Waals surface area (Å²) in [7, 11) is 1.56. The molecule has 1 N–H and O–H groups in total. The van der Waals surface area contributed by atoms with Crippen LogP contribution in [-0.2, 0) is 7.05 Å². The van der Waals surface area contributed by atoms with Crippen LogP contribution in [-0.4, -0.2) is 35.1 Å². The summed E-state index contributed by atoms with van der Waals surface area (Å²) in [6, 6.07) is 2.36. The first-order valence-corrected chi connectivity index (χ1v) is 7.96. The number of halogens is 3. The number of benzene rings is 1. The zero-order valence-corrected chi connectivity index (χ0v) is 14.5. The molecule has 0 saturated heterocycles. The van der Waals surface area contributed by atoms with Crippen LogP contribution in [0.1, 0.15) is 33.4 Å². The van der Waals surface area contributed by atoms with Crippen molar-refractivity contribution in [2.45, 2.75) is 26.1 Å². The fourth-order valence-corrected chi connectivity index (χ4v) is 2.99. The summed E-state index contributed by atoms with van der Waals surface area (Å²) < 4.78 is 53.2. The lowest BCUT2D eigenvalue weighted by Crippen LogP contribution is -2.39. The second kappa shape index (κ2) is 6.54. The number of carbonyl (C=O) groups excluding carboxylic acids is 1. The summed E-state index contributed by atoms with van der Waals surface area (Å²) in [6.07, 6.45) is -4.68. The molecule has 6 nitrogen and oxygen atoms in total. The van der Waals surface area contributed by atoms with E-state index in [9.17, 15) is 18.0 Å². The maximum atomic E-state index is 13.7. The first-order valence-electron chi connectivity index (χ1n) is 7.96. The number of aryl methyl sites for hydroxylation is 2. The Hall–Kier alpha value is -2.71. The number of ether oxygens (including phenoxy) is 2. The van der Waals surface area contributed by atoms with Crippen molar-refractivity contribution in [3.63, 3.8) is 0 Å². The summed E-state index contributed by atoms with van der Waals surface area (Å²) in [5, 5.41) is 6.10. The Bertz CT molecular complexity index is 846. The van der Waals surface area contributed by atoms with Crippen LogP contribution >= 0.6 is 0 Å². The fraction of sp³-hybridized carbons (Fsp3) is 0.412. The smallest absolute Gasteiger partial charge is 0.413 e. The van der Waals surface area contributed by atoms with E-state index in [2.05, 4.69) is 10.4 Å². The molecule has 1 aliphatic heterocycles. The Kier molecular flexibility index (Phi) is 4.55. The molecule has 0 aliphatic carbocycles. The molecule has 1 atom stereocenters. The number of rotatable bonds is 3. The third kappa shape index (κ3) is 3.21. The molecule has 1 unspecified atom stereocenters. The van der Waals surface area contributed by atoms with Gasteiger partial charge in [-0.2, -0.15) is 18.3 Å². The minimum atomic E-state index is -4.68. The van der Waals surface area contributed by atoms with Gasteiger partial charge in [0, 0.05) is 18.3 Å². The summed E-state index contributed by atoms with van der Waals surface area (Å²) in [5.74, 6) is -0.407. The Balaban J connectivity index is 1.97. The van der Waals surface area contributed by atoms with Crippen molar-refractivity contribution >= 4 is 5.91 Å². The van der Waals surface area contributed by atoms with Crippen molar-refractivity contribution in [3.05, 3.63) is 40.7 Å². The molecule has 140 valence electrons. The molecule has 0 bridgehead atoms. The highest BCUT2D eigenvalue weighted by Crippen LogP contribution is 2.38. The lowest BCUT2D eigenvalue weighted by Gasteiger charge is -2.24. The molecule has 9 heteroatoms. The van der Waals surface area contributed by atoms with E-state index >= 15 is 0 Å². The second-order valence-corrected chi connectivity index (χ2v) is 5.99. The molecule has 1 amide bonds. The topological polar surface area (TPSA) is 65.4 Å². The van der Waals surface area contributed by atoms with E-state index in [1.165, 1.54) is 30.7 Å². The molecule has 2 heterocycles. The van der Waals surface area contributed by atoms with E-state index in [1.807, 2.05) is 0 Å². The number of nitrogens with zero attached hydrogens (tertiary/aromatic N) is 2. The molecule has 0 radical (unpaired) electrons. The molecule has 0 fully saturated rings. The Morgan fingerprint density at radius 1 is 1.27 bits per heavy atom. The quantitative estimate of drug-likeness (QED) is 0.904. The second-order valence-electron chi connectivity index (χ2n) is 5.99. The third-order valence-electron chi connectivity index (χ3n) is 4.27. The average molecular weight is 369 g/mol. The highest BCUT2D eigenvalue weighted by Gasteiger charge is 2.45. The van der Waals surface area contributed by atoms with Gasteiger partial charge in [-0.25, -0.2) is 0 Å². The van der Waals surface area contributed by atoms with Gasteiger partial charge in [0.15, 0.2) is 17.5 Å². The highest BCUT2D eigenvalue weighted by molar-refractivity contribution is 5.98.